The SMILES string of the molecule is FC(F)(F)c1ccc([C@H]2CCCO2)cc1. The van der Waals surface area contributed by atoms with Crippen molar-refractivity contribution in [1.29, 1.82) is 0 Å². The maximum atomic E-state index is 12.3. The van der Waals surface area contributed by atoms with Gasteiger partial charge in [0.2, 0.25) is 0 Å². The Bertz CT molecular complexity index is 323. The van der Waals surface area contributed by atoms with Crippen molar-refractivity contribution in [2.75, 3.05) is 6.61 Å². The second-order valence-corrected chi connectivity index (χ2v) is 3.62. The van der Waals surface area contributed by atoms with Gasteiger partial charge in [-0.15, -0.1) is 0 Å². The van der Waals surface area contributed by atoms with Gasteiger partial charge in [0.15, 0.2) is 0 Å². The summed E-state index contributed by atoms with van der Waals surface area (Å²) in [5.41, 5.74) is 0.227. The highest BCUT2D eigenvalue weighted by molar-refractivity contribution is 5.26. The lowest BCUT2D eigenvalue weighted by molar-refractivity contribution is -0.137. The fourth-order valence-corrected chi connectivity index (χ4v) is 1.73. The van der Waals surface area contributed by atoms with E-state index < -0.39 is 11.7 Å². The van der Waals surface area contributed by atoms with Crippen LogP contribution in [0, 0.1) is 0 Å². The molecular weight excluding hydrogens is 205 g/mol. The summed E-state index contributed by atoms with van der Waals surface area (Å²) in [4.78, 5) is 0. The molecule has 0 bridgehead atoms. The number of hydrogen-bond acceptors (Lipinski definition) is 1. The van der Waals surface area contributed by atoms with E-state index in [2.05, 4.69) is 0 Å². The molecule has 0 amide bonds. The first kappa shape index (κ1) is 10.5. The van der Waals surface area contributed by atoms with Crippen LogP contribution >= 0.6 is 0 Å². The maximum Gasteiger partial charge on any atom is 0.416 e. The van der Waals surface area contributed by atoms with Crippen molar-refractivity contribution in [3.63, 3.8) is 0 Å². The van der Waals surface area contributed by atoms with Crippen LogP contribution in [-0.2, 0) is 10.9 Å². The molecule has 0 N–H and O–H groups in total. The van der Waals surface area contributed by atoms with Gasteiger partial charge in [-0.05, 0) is 30.5 Å². The van der Waals surface area contributed by atoms with Crippen LogP contribution < -0.4 is 0 Å². The van der Waals surface area contributed by atoms with Crippen LogP contribution in [0.25, 0.3) is 0 Å². The predicted molar refractivity (Wildman–Crippen MR) is 49.4 cm³/mol. The Kier molecular flexibility index (Phi) is 2.69. The number of halogens is 3. The van der Waals surface area contributed by atoms with Gasteiger partial charge in [0.05, 0.1) is 11.7 Å². The third kappa shape index (κ3) is 2.31. The molecule has 0 unspecified atom stereocenters. The van der Waals surface area contributed by atoms with Crippen molar-refractivity contribution >= 4 is 0 Å². The van der Waals surface area contributed by atoms with E-state index in [1.807, 2.05) is 0 Å². The average molecular weight is 216 g/mol. The number of alkyl halides is 3. The molecule has 0 spiro atoms. The molecule has 82 valence electrons. The lowest BCUT2D eigenvalue weighted by atomic mass is 10.0. The van der Waals surface area contributed by atoms with Gasteiger partial charge in [-0.25, -0.2) is 0 Å². The van der Waals surface area contributed by atoms with Gasteiger partial charge in [0.1, 0.15) is 0 Å². The van der Waals surface area contributed by atoms with Gasteiger partial charge in [-0.1, -0.05) is 12.1 Å². The number of benzene rings is 1. The van der Waals surface area contributed by atoms with E-state index in [1.165, 1.54) is 12.1 Å². The molecule has 1 aromatic carbocycles. The van der Waals surface area contributed by atoms with Crippen LogP contribution in [0.1, 0.15) is 30.1 Å². The van der Waals surface area contributed by atoms with Crippen LogP contribution in [0.3, 0.4) is 0 Å². The van der Waals surface area contributed by atoms with Gasteiger partial charge >= 0.3 is 6.18 Å². The van der Waals surface area contributed by atoms with E-state index in [-0.39, 0.29) is 6.10 Å². The normalized spacial score (nSPS) is 21.9. The molecule has 1 heterocycles. The quantitative estimate of drug-likeness (QED) is 0.697. The van der Waals surface area contributed by atoms with E-state index in [9.17, 15) is 13.2 Å². The van der Waals surface area contributed by atoms with Gasteiger partial charge in [-0.2, -0.15) is 13.2 Å². The van der Waals surface area contributed by atoms with E-state index in [0.29, 0.717) is 6.61 Å². The second kappa shape index (κ2) is 3.85. The maximum absolute atomic E-state index is 12.3. The van der Waals surface area contributed by atoms with E-state index >= 15 is 0 Å². The van der Waals surface area contributed by atoms with Crippen LogP contribution in [0.5, 0.6) is 0 Å². The first-order valence-corrected chi connectivity index (χ1v) is 4.86. The predicted octanol–water partition coefficient (Wildman–Crippen LogP) is 3.56. The minimum atomic E-state index is -4.25. The van der Waals surface area contributed by atoms with Crippen LogP contribution in [0.15, 0.2) is 24.3 Å². The minimum absolute atomic E-state index is 0.0210. The van der Waals surface area contributed by atoms with Crippen LogP contribution in [0.2, 0.25) is 0 Å². The smallest absolute Gasteiger partial charge is 0.374 e. The molecular formula is C11H11F3O. The van der Waals surface area contributed by atoms with Gasteiger partial charge in [-0.3, -0.25) is 0 Å². The molecule has 0 aromatic heterocycles. The van der Waals surface area contributed by atoms with Crippen molar-refractivity contribution in [3.05, 3.63) is 35.4 Å². The Morgan fingerprint density at radius 3 is 2.27 bits per heavy atom. The fraction of sp³-hybridized carbons (Fsp3) is 0.455. The van der Waals surface area contributed by atoms with Gasteiger partial charge in [0.25, 0.3) is 0 Å². The first-order valence-electron chi connectivity index (χ1n) is 4.86. The molecule has 1 saturated heterocycles. The molecule has 2 rings (SSSR count). The Balaban J connectivity index is 2.16. The van der Waals surface area contributed by atoms with Crippen LogP contribution in [0.4, 0.5) is 13.2 Å². The zero-order valence-corrected chi connectivity index (χ0v) is 8.05. The van der Waals surface area contributed by atoms with E-state index in [1.54, 1.807) is 0 Å². The summed E-state index contributed by atoms with van der Waals surface area (Å²) in [5, 5.41) is 0. The first-order chi connectivity index (χ1) is 7.07. The molecule has 1 aliphatic rings. The average Bonchev–Trinajstić information content (AvgIpc) is 2.69. The highest BCUT2D eigenvalue weighted by Crippen LogP contribution is 2.32. The van der Waals surface area contributed by atoms with E-state index in [0.717, 1.165) is 30.5 Å². The molecule has 0 saturated carbocycles. The summed E-state index contributed by atoms with van der Waals surface area (Å²) in [6.45, 7) is 0.700. The number of ether oxygens (including phenoxy) is 1. The van der Waals surface area contributed by atoms with E-state index in [4.69, 9.17) is 4.74 Å². The highest BCUT2D eigenvalue weighted by atomic mass is 19.4. The Morgan fingerprint density at radius 1 is 1.13 bits per heavy atom. The van der Waals surface area contributed by atoms with Gasteiger partial charge < -0.3 is 4.74 Å². The molecule has 1 fully saturated rings. The largest absolute Gasteiger partial charge is 0.416 e. The number of hydrogen-bond donors (Lipinski definition) is 0. The minimum Gasteiger partial charge on any atom is -0.374 e. The molecule has 1 aliphatic heterocycles. The third-order valence-corrected chi connectivity index (χ3v) is 2.54. The molecule has 1 nitrogen and oxygen atoms in total. The lowest BCUT2D eigenvalue weighted by Gasteiger charge is -2.11. The Hall–Kier alpha value is -1.03. The van der Waals surface area contributed by atoms with Crippen molar-refractivity contribution in [1.82, 2.24) is 0 Å². The standard InChI is InChI=1S/C11H11F3O/c12-11(13,14)9-5-3-8(4-6-9)10-2-1-7-15-10/h3-6,10H,1-2,7H2/t10-/m1/s1. The topological polar surface area (TPSA) is 9.23 Å². The molecule has 15 heavy (non-hydrogen) atoms. The fourth-order valence-electron chi connectivity index (χ4n) is 1.73. The zero-order valence-electron chi connectivity index (χ0n) is 8.05. The molecule has 1 atom stereocenters. The zero-order chi connectivity index (χ0) is 10.9. The van der Waals surface area contributed by atoms with Crippen molar-refractivity contribution in [2.45, 2.75) is 25.1 Å². The van der Waals surface area contributed by atoms with Gasteiger partial charge in [0, 0.05) is 6.61 Å². The Labute approximate surface area is 85.9 Å². The summed E-state index contributed by atoms with van der Waals surface area (Å²) >= 11 is 0. The molecule has 1 aromatic rings. The summed E-state index contributed by atoms with van der Waals surface area (Å²) < 4.78 is 42.2. The highest BCUT2D eigenvalue weighted by Gasteiger charge is 2.30. The summed E-state index contributed by atoms with van der Waals surface area (Å²) in [6, 6.07) is 5.21. The second-order valence-electron chi connectivity index (χ2n) is 3.62. The van der Waals surface area contributed by atoms with Crippen LogP contribution in [-0.4, -0.2) is 6.61 Å². The van der Waals surface area contributed by atoms with Crippen molar-refractivity contribution in [3.8, 4) is 0 Å². The summed E-state index contributed by atoms with van der Waals surface area (Å²) in [7, 11) is 0. The Morgan fingerprint density at radius 2 is 1.80 bits per heavy atom. The number of rotatable bonds is 1. The molecule has 0 radical (unpaired) electrons. The van der Waals surface area contributed by atoms with Crippen molar-refractivity contribution in [2.24, 2.45) is 0 Å². The summed E-state index contributed by atoms with van der Waals surface area (Å²) in [6.07, 6.45) is -2.40. The summed E-state index contributed by atoms with van der Waals surface area (Å²) in [5.74, 6) is 0. The monoisotopic (exact) mass is 216 g/mol. The third-order valence-electron chi connectivity index (χ3n) is 2.54. The molecule has 4 heteroatoms. The molecule has 0 aliphatic carbocycles. The van der Waals surface area contributed by atoms with Crippen molar-refractivity contribution < 1.29 is 17.9 Å². The lowest BCUT2D eigenvalue weighted by Crippen LogP contribution is -2.05.